The highest BCUT2D eigenvalue weighted by molar-refractivity contribution is 7.11. The second-order valence-electron chi connectivity index (χ2n) is 3.86. The number of aromatic nitrogens is 1. The van der Waals surface area contributed by atoms with Crippen LogP contribution in [-0.4, -0.2) is 4.98 Å². The smallest absolute Gasteiger partial charge is 0.146 e. The number of nitrogens with zero attached hydrogens (tertiary/aromatic N) is 1. The van der Waals surface area contributed by atoms with Gasteiger partial charge in [-0.3, -0.25) is 0 Å². The van der Waals surface area contributed by atoms with E-state index in [1.54, 1.807) is 17.4 Å². The van der Waals surface area contributed by atoms with E-state index in [2.05, 4.69) is 17.2 Å². The quantitative estimate of drug-likeness (QED) is 0.893. The van der Waals surface area contributed by atoms with Gasteiger partial charge in [0, 0.05) is 11.1 Å². The number of hydrogen-bond donors (Lipinski definition) is 1. The van der Waals surface area contributed by atoms with Gasteiger partial charge in [0.1, 0.15) is 5.82 Å². The molecule has 0 aliphatic heterocycles. The molecule has 0 aliphatic carbocycles. The van der Waals surface area contributed by atoms with Gasteiger partial charge < -0.3 is 5.32 Å². The summed E-state index contributed by atoms with van der Waals surface area (Å²) in [5.74, 6) is -0.203. The lowest BCUT2D eigenvalue weighted by atomic mass is 10.2. The second-order valence-corrected chi connectivity index (χ2v) is 5.06. The van der Waals surface area contributed by atoms with E-state index in [9.17, 15) is 4.39 Å². The fourth-order valence-corrected chi connectivity index (χ4v) is 2.43. The molecule has 0 saturated heterocycles. The van der Waals surface area contributed by atoms with Gasteiger partial charge in [0.15, 0.2) is 0 Å². The van der Waals surface area contributed by atoms with Crippen LogP contribution in [0.4, 0.5) is 10.1 Å². The Morgan fingerprint density at radius 1 is 1.41 bits per heavy atom. The molecule has 0 bridgehead atoms. The van der Waals surface area contributed by atoms with Gasteiger partial charge in [0.2, 0.25) is 0 Å². The van der Waals surface area contributed by atoms with Crippen molar-refractivity contribution in [3.63, 3.8) is 0 Å². The van der Waals surface area contributed by atoms with Crippen molar-refractivity contribution in [3.05, 3.63) is 45.7 Å². The summed E-state index contributed by atoms with van der Waals surface area (Å²) in [6.45, 7) is 4.60. The van der Waals surface area contributed by atoms with Crippen molar-refractivity contribution >= 4 is 17.0 Å². The second kappa shape index (κ2) is 5.27. The van der Waals surface area contributed by atoms with Crippen LogP contribution in [0.5, 0.6) is 0 Å². The van der Waals surface area contributed by atoms with Gasteiger partial charge in [-0.25, -0.2) is 9.37 Å². The molecule has 2 rings (SSSR count). The van der Waals surface area contributed by atoms with Crippen molar-refractivity contribution in [1.29, 1.82) is 0 Å². The van der Waals surface area contributed by atoms with Gasteiger partial charge in [-0.1, -0.05) is 19.1 Å². The Morgan fingerprint density at radius 2 is 2.24 bits per heavy atom. The van der Waals surface area contributed by atoms with Gasteiger partial charge in [0.05, 0.1) is 17.2 Å². The molecule has 0 atom stereocenters. The van der Waals surface area contributed by atoms with Gasteiger partial charge in [-0.15, -0.1) is 11.3 Å². The molecule has 90 valence electrons. The topological polar surface area (TPSA) is 24.9 Å². The average Bonchev–Trinajstić information content (AvgIpc) is 2.76. The van der Waals surface area contributed by atoms with Gasteiger partial charge in [0.25, 0.3) is 0 Å². The lowest BCUT2D eigenvalue weighted by Gasteiger charge is -2.08. The van der Waals surface area contributed by atoms with Crippen LogP contribution in [-0.2, 0) is 13.0 Å². The van der Waals surface area contributed by atoms with Crippen molar-refractivity contribution in [2.24, 2.45) is 0 Å². The van der Waals surface area contributed by atoms with E-state index in [1.807, 2.05) is 19.2 Å². The lowest BCUT2D eigenvalue weighted by Crippen LogP contribution is -2.01. The van der Waals surface area contributed by atoms with E-state index < -0.39 is 0 Å². The van der Waals surface area contributed by atoms with Crippen LogP contribution in [0.2, 0.25) is 0 Å². The Morgan fingerprint density at radius 3 is 2.88 bits per heavy atom. The third-order valence-electron chi connectivity index (χ3n) is 2.57. The number of para-hydroxylation sites is 1. The van der Waals surface area contributed by atoms with Crippen LogP contribution in [0.25, 0.3) is 0 Å². The number of benzene rings is 1. The van der Waals surface area contributed by atoms with E-state index in [-0.39, 0.29) is 5.82 Å². The molecule has 2 nitrogen and oxygen atoms in total. The molecule has 0 saturated carbocycles. The standard InChI is InChI=1S/C13H15FN2S/c1-3-12-15-7-10(17-12)8-16-13-9(2)5-4-6-11(13)14/h4-7,16H,3,8H2,1-2H3. The highest BCUT2D eigenvalue weighted by Crippen LogP contribution is 2.21. The number of halogens is 1. The Bertz CT molecular complexity index is 488. The number of thiazole rings is 1. The van der Waals surface area contributed by atoms with Crippen molar-refractivity contribution in [1.82, 2.24) is 4.98 Å². The summed E-state index contributed by atoms with van der Waals surface area (Å²) < 4.78 is 13.5. The Kier molecular flexibility index (Phi) is 3.74. The van der Waals surface area contributed by atoms with Crippen LogP contribution < -0.4 is 5.32 Å². The maximum absolute atomic E-state index is 13.5. The van der Waals surface area contributed by atoms with Gasteiger partial charge in [-0.2, -0.15) is 0 Å². The van der Waals surface area contributed by atoms with E-state index in [4.69, 9.17) is 0 Å². The molecule has 0 fully saturated rings. The zero-order chi connectivity index (χ0) is 12.3. The molecular formula is C13H15FN2S. The molecule has 1 N–H and O–H groups in total. The first-order valence-corrected chi connectivity index (χ1v) is 6.45. The number of hydrogen-bond acceptors (Lipinski definition) is 3. The van der Waals surface area contributed by atoms with Crippen LogP contribution >= 0.6 is 11.3 Å². The summed E-state index contributed by atoms with van der Waals surface area (Å²) in [4.78, 5) is 5.41. The van der Waals surface area contributed by atoms with E-state index >= 15 is 0 Å². The summed E-state index contributed by atoms with van der Waals surface area (Å²) >= 11 is 1.67. The van der Waals surface area contributed by atoms with Crippen molar-refractivity contribution in [2.75, 3.05) is 5.32 Å². The molecule has 1 aromatic carbocycles. The molecule has 1 aromatic heterocycles. The number of aryl methyl sites for hydroxylation is 2. The predicted molar refractivity (Wildman–Crippen MR) is 70.0 cm³/mol. The molecule has 0 unspecified atom stereocenters. The largest absolute Gasteiger partial charge is 0.378 e. The Balaban J connectivity index is 2.07. The van der Waals surface area contributed by atoms with Crippen LogP contribution in [0.15, 0.2) is 24.4 Å². The maximum Gasteiger partial charge on any atom is 0.146 e. The molecular weight excluding hydrogens is 235 g/mol. The molecule has 0 spiro atoms. The highest BCUT2D eigenvalue weighted by atomic mass is 32.1. The first kappa shape index (κ1) is 12.0. The summed E-state index contributed by atoms with van der Waals surface area (Å²) in [5.41, 5.74) is 1.50. The lowest BCUT2D eigenvalue weighted by molar-refractivity contribution is 0.629. The van der Waals surface area contributed by atoms with E-state index in [0.29, 0.717) is 12.2 Å². The maximum atomic E-state index is 13.5. The summed E-state index contributed by atoms with van der Waals surface area (Å²) in [6.07, 6.45) is 2.80. The fraction of sp³-hybridized carbons (Fsp3) is 0.308. The normalized spacial score (nSPS) is 10.5. The SMILES string of the molecule is CCc1ncc(CNc2c(C)cccc2F)s1. The minimum atomic E-state index is -0.203. The first-order valence-electron chi connectivity index (χ1n) is 5.63. The molecule has 17 heavy (non-hydrogen) atoms. The minimum absolute atomic E-state index is 0.203. The zero-order valence-electron chi connectivity index (χ0n) is 9.96. The van der Waals surface area contributed by atoms with Crippen LogP contribution in [0.1, 0.15) is 22.4 Å². The van der Waals surface area contributed by atoms with Crippen LogP contribution in [0.3, 0.4) is 0 Å². The summed E-state index contributed by atoms with van der Waals surface area (Å²) in [6, 6.07) is 5.09. The average molecular weight is 250 g/mol. The Labute approximate surface area is 105 Å². The predicted octanol–water partition coefficient (Wildman–Crippen LogP) is 3.77. The molecule has 0 aliphatic rings. The van der Waals surface area contributed by atoms with Gasteiger partial charge in [-0.05, 0) is 25.0 Å². The summed E-state index contributed by atoms with van der Waals surface area (Å²) in [7, 11) is 0. The monoisotopic (exact) mass is 250 g/mol. The fourth-order valence-electron chi connectivity index (χ4n) is 1.62. The van der Waals surface area contributed by atoms with Crippen molar-refractivity contribution in [3.8, 4) is 0 Å². The number of rotatable bonds is 4. The highest BCUT2D eigenvalue weighted by Gasteiger charge is 2.05. The zero-order valence-corrected chi connectivity index (χ0v) is 10.8. The Hall–Kier alpha value is -1.42. The molecule has 0 radical (unpaired) electrons. The molecule has 4 heteroatoms. The number of anilines is 1. The third-order valence-corrected chi connectivity index (χ3v) is 3.71. The molecule has 2 aromatic rings. The van der Waals surface area contributed by atoms with E-state index in [0.717, 1.165) is 21.9 Å². The minimum Gasteiger partial charge on any atom is -0.378 e. The molecule has 1 heterocycles. The molecule has 0 amide bonds. The summed E-state index contributed by atoms with van der Waals surface area (Å²) in [5, 5.41) is 4.25. The van der Waals surface area contributed by atoms with Crippen molar-refractivity contribution in [2.45, 2.75) is 26.8 Å². The third kappa shape index (κ3) is 2.82. The van der Waals surface area contributed by atoms with Crippen molar-refractivity contribution < 1.29 is 4.39 Å². The first-order chi connectivity index (χ1) is 8.20. The van der Waals surface area contributed by atoms with Gasteiger partial charge >= 0.3 is 0 Å². The van der Waals surface area contributed by atoms with E-state index in [1.165, 1.54) is 6.07 Å². The van der Waals surface area contributed by atoms with Crippen LogP contribution in [0, 0.1) is 12.7 Å². The number of nitrogens with one attached hydrogen (secondary N) is 1.